The Morgan fingerprint density at radius 2 is 1.80 bits per heavy atom. The summed E-state index contributed by atoms with van der Waals surface area (Å²) < 4.78 is 1.03. The average Bonchev–Trinajstić information content (AvgIpc) is 2.60. The normalized spacial score (nSPS) is 13.1. The summed E-state index contributed by atoms with van der Waals surface area (Å²) in [6.07, 6.45) is 0.874. The van der Waals surface area contributed by atoms with Crippen LogP contribution in [0.1, 0.15) is 49.2 Å². The van der Waals surface area contributed by atoms with E-state index in [1.54, 1.807) is 24.3 Å². The van der Waals surface area contributed by atoms with Gasteiger partial charge in [-0.05, 0) is 50.1 Å². The number of hydrogen-bond donors (Lipinski definition) is 2. The number of anilines is 1. The average molecular weight is 403 g/mol. The molecule has 2 aromatic rings. The highest BCUT2D eigenvalue weighted by Gasteiger charge is 2.18. The van der Waals surface area contributed by atoms with Crippen molar-refractivity contribution in [2.75, 3.05) is 5.32 Å². The van der Waals surface area contributed by atoms with E-state index in [-0.39, 0.29) is 23.8 Å². The second-order valence-corrected chi connectivity index (χ2v) is 6.94. The van der Waals surface area contributed by atoms with Gasteiger partial charge in [0.05, 0.1) is 6.04 Å². The van der Waals surface area contributed by atoms with Crippen LogP contribution in [0.5, 0.6) is 0 Å². The molecule has 5 heteroatoms. The molecule has 0 radical (unpaired) electrons. The third kappa shape index (κ3) is 5.51. The van der Waals surface area contributed by atoms with Crippen LogP contribution in [0.25, 0.3) is 0 Å². The van der Waals surface area contributed by atoms with Crippen molar-refractivity contribution in [2.45, 2.75) is 39.3 Å². The van der Waals surface area contributed by atoms with Crippen LogP contribution < -0.4 is 10.6 Å². The molecule has 0 saturated carbocycles. The SMILES string of the molecule is CC[C@H](N[C@H](C)C(=O)Nc1cccc(C(C)=O)c1)c1ccc(Br)cc1. The van der Waals surface area contributed by atoms with Crippen molar-refractivity contribution < 1.29 is 9.59 Å². The quantitative estimate of drug-likeness (QED) is 0.658. The van der Waals surface area contributed by atoms with Crippen molar-refractivity contribution in [3.8, 4) is 0 Å². The Hall–Kier alpha value is -1.98. The van der Waals surface area contributed by atoms with Crippen LogP contribution in [0, 0.1) is 0 Å². The van der Waals surface area contributed by atoms with Crippen LogP contribution in [0.4, 0.5) is 5.69 Å². The Balaban J connectivity index is 2.02. The zero-order valence-electron chi connectivity index (χ0n) is 14.7. The van der Waals surface area contributed by atoms with E-state index < -0.39 is 0 Å². The summed E-state index contributed by atoms with van der Waals surface area (Å²) in [6, 6.07) is 14.8. The number of nitrogens with one attached hydrogen (secondary N) is 2. The summed E-state index contributed by atoms with van der Waals surface area (Å²) in [5.74, 6) is -0.153. The standard InChI is InChI=1S/C20H23BrN2O2/c1-4-19(15-8-10-17(21)11-9-15)22-13(2)20(25)23-18-7-5-6-16(12-18)14(3)24/h5-13,19,22H,4H2,1-3H3,(H,23,25)/t13-,19+/m1/s1. The first-order valence-electron chi connectivity index (χ1n) is 8.34. The lowest BCUT2D eigenvalue weighted by Crippen LogP contribution is -2.40. The molecule has 0 aliphatic rings. The second-order valence-electron chi connectivity index (χ2n) is 6.03. The molecule has 2 atom stereocenters. The van der Waals surface area contributed by atoms with Crippen LogP contribution in [0.15, 0.2) is 53.0 Å². The van der Waals surface area contributed by atoms with Gasteiger partial charge in [0.1, 0.15) is 0 Å². The summed E-state index contributed by atoms with van der Waals surface area (Å²) in [7, 11) is 0. The molecule has 2 aromatic carbocycles. The van der Waals surface area contributed by atoms with E-state index in [0.717, 1.165) is 16.5 Å². The van der Waals surface area contributed by atoms with Crippen molar-refractivity contribution in [1.29, 1.82) is 0 Å². The number of carbonyl (C=O) groups excluding carboxylic acids is 2. The van der Waals surface area contributed by atoms with Gasteiger partial charge in [-0.2, -0.15) is 0 Å². The van der Waals surface area contributed by atoms with E-state index in [2.05, 4.69) is 33.5 Å². The number of benzene rings is 2. The Morgan fingerprint density at radius 1 is 1.12 bits per heavy atom. The summed E-state index contributed by atoms with van der Waals surface area (Å²) in [5, 5.41) is 6.23. The van der Waals surface area contributed by atoms with Crippen LogP contribution in [0.3, 0.4) is 0 Å². The molecule has 0 bridgehead atoms. The fourth-order valence-corrected chi connectivity index (χ4v) is 2.85. The maximum absolute atomic E-state index is 12.5. The highest BCUT2D eigenvalue weighted by molar-refractivity contribution is 9.10. The molecule has 25 heavy (non-hydrogen) atoms. The van der Waals surface area contributed by atoms with Crippen LogP contribution in [0.2, 0.25) is 0 Å². The molecule has 0 aliphatic carbocycles. The third-order valence-corrected chi connectivity index (χ3v) is 4.59. The number of carbonyl (C=O) groups is 2. The first-order chi connectivity index (χ1) is 11.9. The van der Waals surface area contributed by atoms with Gasteiger partial charge in [0.15, 0.2) is 5.78 Å². The van der Waals surface area contributed by atoms with Crippen molar-refractivity contribution >= 4 is 33.3 Å². The Bertz CT molecular complexity index is 744. The Morgan fingerprint density at radius 3 is 2.40 bits per heavy atom. The summed E-state index contributed by atoms with van der Waals surface area (Å²) in [6.45, 7) is 5.43. The summed E-state index contributed by atoms with van der Waals surface area (Å²) in [5.41, 5.74) is 2.35. The molecule has 0 aromatic heterocycles. The zero-order valence-corrected chi connectivity index (χ0v) is 16.3. The van der Waals surface area contributed by atoms with Gasteiger partial charge in [0.25, 0.3) is 0 Å². The van der Waals surface area contributed by atoms with E-state index >= 15 is 0 Å². The lowest BCUT2D eigenvalue weighted by molar-refractivity contribution is -0.118. The minimum atomic E-state index is -0.366. The van der Waals surface area contributed by atoms with Gasteiger partial charge >= 0.3 is 0 Å². The highest BCUT2D eigenvalue weighted by Crippen LogP contribution is 2.20. The van der Waals surface area contributed by atoms with Gasteiger partial charge < -0.3 is 5.32 Å². The number of hydrogen-bond acceptors (Lipinski definition) is 3. The molecule has 0 saturated heterocycles. The Kier molecular flexibility index (Phi) is 6.91. The van der Waals surface area contributed by atoms with Gasteiger partial charge in [-0.3, -0.25) is 14.9 Å². The van der Waals surface area contributed by atoms with Crippen LogP contribution in [-0.4, -0.2) is 17.7 Å². The van der Waals surface area contributed by atoms with Crippen molar-refractivity contribution in [2.24, 2.45) is 0 Å². The molecule has 4 nitrogen and oxygen atoms in total. The van der Waals surface area contributed by atoms with E-state index in [1.165, 1.54) is 6.92 Å². The summed E-state index contributed by atoms with van der Waals surface area (Å²) >= 11 is 3.44. The molecule has 2 rings (SSSR count). The molecular weight excluding hydrogens is 380 g/mol. The second kappa shape index (κ2) is 8.92. The first-order valence-corrected chi connectivity index (χ1v) is 9.13. The van der Waals surface area contributed by atoms with Gasteiger partial charge in [-0.1, -0.05) is 47.1 Å². The van der Waals surface area contributed by atoms with Crippen LogP contribution >= 0.6 is 15.9 Å². The summed E-state index contributed by atoms with van der Waals surface area (Å²) in [4.78, 5) is 23.9. The van der Waals surface area contributed by atoms with Crippen molar-refractivity contribution in [3.63, 3.8) is 0 Å². The molecule has 0 heterocycles. The van der Waals surface area contributed by atoms with Gasteiger partial charge in [0.2, 0.25) is 5.91 Å². The molecule has 1 amide bonds. The Labute approximate surface area is 157 Å². The molecule has 0 unspecified atom stereocenters. The minimum Gasteiger partial charge on any atom is -0.325 e. The smallest absolute Gasteiger partial charge is 0.241 e. The number of amides is 1. The monoisotopic (exact) mass is 402 g/mol. The van der Waals surface area contributed by atoms with Gasteiger partial charge in [0, 0.05) is 21.8 Å². The number of Topliss-reactive ketones (excluding diaryl/α,β-unsaturated/α-hetero) is 1. The third-order valence-electron chi connectivity index (χ3n) is 4.06. The van der Waals surface area contributed by atoms with Gasteiger partial charge in [-0.25, -0.2) is 0 Å². The molecule has 0 fully saturated rings. The van der Waals surface area contributed by atoms with E-state index in [1.807, 2.05) is 31.2 Å². The maximum Gasteiger partial charge on any atom is 0.241 e. The maximum atomic E-state index is 12.5. The molecule has 0 aliphatic heterocycles. The predicted octanol–water partition coefficient (Wildman–Crippen LogP) is 4.72. The number of ketones is 1. The molecule has 0 spiro atoms. The fourth-order valence-electron chi connectivity index (χ4n) is 2.59. The predicted molar refractivity (Wildman–Crippen MR) is 105 cm³/mol. The van der Waals surface area contributed by atoms with Crippen molar-refractivity contribution in [1.82, 2.24) is 5.32 Å². The molecular formula is C20H23BrN2O2. The lowest BCUT2D eigenvalue weighted by atomic mass is 10.0. The number of rotatable bonds is 7. The van der Waals surface area contributed by atoms with Crippen molar-refractivity contribution in [3.05, 3.63) is 64.1 Å². The fraction of sp³-hybridized carbons (Fsp3) is 0.300. The van der Waals surface area contributed by atoms with Crippen LogP contribution in [-0.2, 0) is 4.79 Å². The van der Waals surface area contributed by atoms with E-state index in [9.17, 15) is 9.59 Å². The van der Waals surface area contributed by atoms with E-state index in [4.69, 9.17) is 0 Å². The topological polar surface area (TPSA) is 58.2 Å². The first kappa shape index (κ1) is 19.3. The highest BCUT2D eigenvalue weighted by atomic mass is 79.9. The van der Waals surface area contributed by atoms with E-state index in [0.29, 0.717) is 11.3 Å². The molecule has 132 valence electrons. The number of halogens is 1. The molecule has 2 N–H and O–H groups in total. The zero-order chi connectivity index (χ0) is 18.4. The lowest BCUT2D eigenvalue weighted by Gasteiger charge is -2.22. The largest absolute Gasteiger partial charge is 0.325 e. The van der Waals surface area contributed by atoms with Gasteiger partial charge in [-0.15, -0.1) is 0 Å². The minimum absolute atomic E-state index is 0.0245.